The van der Waals surface area contributed by atoms with E-state index in [1.807, 2.05) is 40.9 Å². The van der Waals surface area contributed by atoms with Crippen molar-refractivity contribution in [2.24, 2.45) is 0 Å². The first kappa shape index (κ1) is 22.3. The number of hydrogen-bond acceptors (Lipinski definition) is 3. The Labute approximate surface area is 194 Å². The van der Waals surface area contributed by atoms with Gasteiger partial charge in [0.15, 0.2) is 0 Å². The molecule has 0 bridgehead atoms. The van der Waals surface area contributed by atoms with Crippen LogP contribution in [0, 0.1) is 11.3 Å². The van der Waals surface area contributed by atoms with Crippen molar-refractivity contribution in [1.29, 1.82) is 5.26 Å². The van der Waals surface area contributed by atoms with Gasteiger partial charge in [-0.15, -0.1) is 0 Å². The van der Waals surface area contributed by atoms with Crippen molar-refractivity contribution in [3.8, 4) is 28.5 Å². The minimum atomic E-state index is 0.0629. The molecule has 2 aromatic carbocycles. The van der Waals surface area contributed by atoms with Crippen LogP contribution in [-0.2, 0) is 17.6 Å². The Morgan fingerprint density at radius 3 is 2.55 bits per heavy atom. The van der Waals surface area contributed by atoms with Gasteiger partial charge in [0.2, 0.25) is 5.91 Å². The zero-order valence-corrected chi connectivity index (χ0v) is 19.1. The topological polar surface area (TPSA) is 70.2 Å². The number of benzene rings is 2. The lowest BCUT2D eigenvalue weighted by atomic mass is 9.91. The second kappa shape index (κ2) is 10.1. The number of nitrogens with one attached hydrogen (secondary N) is 1. The van der Waals surface area contributed by atoms with Crippen LogP contribution in [-0.4, -0.2) is 22.6 Å². The molecule has 1 amide bonds. The molecule has 4 rings (SSSR count). The molecule has 4 aromatic rings. The van der Waals surface area contributed by atoms with Crippen LogP contribution in [0.25, 0.3) is 27.9 Å². The van der Waals surface area contributed by atoms with Crippen LogP contribution in [0.4, 0.5) is 0 Å². The highest BCUT2D eigenvalue weighted by Gasteiger charge is 2.20. The van der Waals surface area contributed by atoms with E-state index in [9.17, 15) is 10.1 Å². The molecule has 2 aromatic heterocycles. The fourth-order valence-electron chi connectivity index (χ4n) is 4.33. The third kappa shape index (κ3) is 4.65. The predicted octanol–water partition coefficient (Wildman–Crippen LogP) is 5.56. The summed E-state index contributed by atoms with van der Waals surface area (Å²) in [4.78, 5) is 11.7. The van der Waals surface area contributed by atoms with Gasteiger partial charge in [-0.05, 0) is 61.1 Å². The van der Waals surface area contributed by atoms with Gasteiger partial charge < -0.3 is 5.32 Å². The van der Waals surface area contributed by atoms with Crippen molar-refractivity contribution >= 4 is 11.4 Å². The van der Waals surface area contributed by atoms with Gasteiger partial charge in [-0.1, -0.05) is 49.4 Å². The number of nitriles is 1. The highest BCUT2D eigenvalue weighted by molar-refractivity contribution is 5.88. The lowest BCUT2D eigenvalue weighted by Gasteiger charge is -2.18. The Balaban J connectivity index is 1.93. The summed E-state index contributed by atoms with van der Waals surface area (Å²) in [5.74, 6) is 0.0629. The lowest BCUT2D eigenvalue weighted by Crippen LogP contribution is -2.17. The molecule has 5 heteroatoms. The average molecular weight is 437 g/mol. The van der Waals surface area contributed by atoms with Crippen LogP contribution in [0.1, 0.15) is 43.0 Å². The van der Waals surface area contributed by atoms with Gasteiger partial charge in [-0.25, -0.2) is 4.52 Å². The van der Waals surface area contributed by atoms with E-state index < -0.39 is 0 Å². The second-order valence-electron chi connectivity index (χ2n) is 8.12. The van der Waals surface area contributed by atoms with Crippen molar-refractivity contribution in [2.75, 3.05) is 7.05 Å². The van der Waals surface area contributed by atoms with Gasteiger partial charge in [0.1, 0.15) is 0 Å². The predicted molar refractivity (Wildman–Crippen MR) is 132 cm³/mol. The van der Waals surface area contributed by atoms with Gasteiger partial charge in [-0.3, -0.25) is 4.79 Å². The van der Waals surface area contributed by atoms with E-state index in [0.717, 1.165) is 64.8 Å². The monoisotopic (exact) mass is 436 g/mol. The molecule has 33 heavy (non-hydrogen) atoms. The molecule has 0 unspecified atom stereocenters. The molecule has 0 spiro atoms. The van der Waals surface area contributed by atoms with Gasteiger partial charge >= 0.3 is 0 Å². The van der Waals surface area contributed by atoms with Crippen molar-refractivity contribution in [2.45, 2.75) is 39.0 Å². The van der Waals surface area contributed by atoms with E-state index in [2.05, 4.69) is 48.6 Å². The molecule has 0 fully saturated rings. The molecule has 0 aliphatic rings. The smallest absolute Gasteiger partial charge is 0.219 e. The molecule has 5 nitrogen and oxygen atoms in total. The zero-order valence-electron chi connectivity index (χ0n) is 19.1. The molecular formula is C28H28N4O. The zero-order chi connectivity index (χ0) is 23.2. The molecule has 0 radical (unpaired) electrons. The minimum absolute atomic E-state index is 0.0629. The number of unbranched alkanes of at least 4 members (excludes halogenated alkanes) is 1. The summed E-state index contributed by atoms with van der Waals surface area (Å²) >= 11 is 0. The summed E-state index contributed by atoms with van der Waals surface area (Å²) in [6, 6.07) is 24.6. The molecule has 0 saturated carbocycles. The first-order valence-electron chi connectivity index (χ1n) is 11.5. The van der Waals surface area contributed by atoms with Gasteiger partial charge in [0.05, 0.1) is 22.8 Å². The number of aryl methyl sites for hydroxylation is 1. The van der Waals surface area contributed by atoms with Crippen LogP contribution >= 0.6 is 0 Å². The summed E-state index contributed by atoms with van der Waals surface area (Å²) in [6.07, 6.45) is 3.86. The minimum Gasteiger partial charge on any atom is -0.359 e. The van der Waals surface area contributed by atoms with Gasteiger partial charge in [0, 0.05) is 30.3 Å². The summed E-state index contributed by atoms with van der Waals surface area (Å²) < 4.78 is 2.05. The number of carbonyl (C=O) groups excluding carboxylic acids is 1. The molecule has 2 heterocycles. The molecular weight excluding hydrogens is 408 g/mol. The normalized spacial score (nSPS) is 10.8. The summed E-state index contributed by atoms with van der Waals surface area (Å²) in [5.41, 5.74) is 8.12. The molecule has 0 aliphatic heterocycles. The number of nitrogens with zero attached hydrogens (tertiary/aromatic N) is 3. The van der Waals surface area contributed by atoms with E-state index in [1.165, 1.54) is 0 Å². The lowest BCUT2D eigenvalue weighted by molar-refractivity contribution is -0.120. The molecule has 1 N–H and O–H groups in total. The van der Waals surface area contributed by atoms with Gasteiger partial charge in [-0.2, -0.15) is 10.4 Å². The van der Waals surface area contributed by atoms with Crippen LogP contribution in [0.2, 0.25) is 0 Å². The van der Waals surface area contributed by atoms with E-state index >= 15 is 0 Å². The summed E-state index contributed by atoms with van der Waals surface area (Å²) in [5, 5.41) is 17.3. The highest BCUT2D eigenvalue weighted by Crippen LogP contribution is 2.36. The number of fused-ring (bicyclic) bond motifs is 1. The Kier molecular flexibility index (Phi) is 6.85. The number of hydrogen-bond donors (Lipinski definition) is 1. The SMILES string of the molecule is CCc1ccc2c(-c3cccc(C#N)c3)c(CCCCC(=O)NC)c(-c3ccccc3)nn12. The highest BCUT2D eigenvalue weighted by atomic mass is 16.1. The number of aromatic nitrogens is 2. The molecule has 0 aliphatic carbocycles. The third-order valence-electron chi connectivity index (χ3n) is 6.03. The maximum atomic E-state index is 11.7. The first-order valence-corrected chi connectivity index (χ1v) is 11.5. The maximum Gasteiger partial charge on any atom is 0.219 e. The van der Waals surface area contributed by atoms with Crippen LogP contribution in [0.3, 0.4) is 0 Å². The van der Waals surface area contributed by atoms with E-state index in [0.29, 0.717) is 12.0 Å². The second-order valence-corrected chi connectivity index (χ2v) is 8.12. The Morgan fingerprint density at radius 1 is 1.03 bits per heavy atom. The fraction of sp³-hybridized carbons (Fsp3) is 0.250. The maximum absolute atomic E-state index is 11.7. The Morgan fingerprint density at radius 2 is 1.82 bits per heavy atom. The third-order valence-corrected chi connectivity index (χ3v) is 6.03. The van der Waals surface area contributed by atoms with Crippen molar-refractivity contribution in [3.63, 3.8) is 0 Å². The van der Waals surface area contributed by atoms with Crippen LogP contribution < -0.4 is 5.32 Å². The van der Waals surface area contributed by atoms with Crippen LogP contribution in [0.15, 0.2) is 66.7 Å². The van der Waals surface area contributed by atoms with E-state index in [1.54, 1.807) is 7.05 Å². The van der Waals surface area contributed by atoms with Crippen molar-refractivity contribution in [3.05, 3.63) is 83.6 Å². The first-order chi connectivity index (χ1) is 16.2. The summed E-state index contributed by atoms with van der Waals surface area (Å²) in [6.45, 7) is 2.13. The van der Waals surface area contributed by atoms with Crippen LogP contribution in [0.5, 0.6) is 0 Å². The van der Waals surface area contributed by atoms with E-state index in [4.69, 9.17) is 5.10 Å². The standard InChI is InChI=1S/C28H28N4O/c1-3-23-16-17-25-27(22-13-9-10-20(18-22)19-29)24(14-7-8-15-26(33)30-2)28(31-32(23)25)21-11-5-4-6-12-21/h4-6,9-13,16-18H,3,7-8,14-15H2,1-2H3,(H,30,33). The fourth-order valence-corrected chi connectivity index (χ4v) is 4.33. The number of amides is 1. The van der Waals surface area contributed by atoms with Crippen molar-refractivity contribution < 1.29 is 4.79 Å². The van der Waals surface area contributed by atoms with Gasteiger partial charge in [0.25, 0.3) is 0 Å². The Bertz CT molecular complexity index is 1320. The summed E-state index contributed by atoms with van der Waals surface area (Å²) in [7, 11) is 1.67. The molecule has 0 atom stereocenters. The number of carbonyl (C=O) groups is 1. The number of rotatable bonds is 8. The molecule has 166 valence electrons. The quantitative estimate of drug-likeness (QED) is 0.368. The van der Waals surface area contributed by atoms with E-state index in [-0.39, 0.29) is 5.91 Å². The van der Waals surface area contributed by atoms with Crippen molar-refractivity contribution in [1.82, 2.24) is 14.9 Å². The Hall–Kier alpha value is -3.91. The molecule has 0 saturated heterocycles. The largest absolute Gasteiger partial charge is 0.359 e. The average Bonchev–Trinajstić information content (AvgIpc) is 3.28.